The lowest BCUT2D eigenvalue weighted by molar-refractivity contribution is 0.234. The molecule has 14 heavy (non-hydrogen) atoms. The van der Waals surface area contributed by atoms with Gasteiger partial charge in [-0.3, -0.25) is 0 Å². The van der Waals surface area contributed by atoms with Gasteiger partial charge in [0.2, 0.25) is 0 Å². The molecule has 0 aliphatic rings. The summed E-state index contributed by atoms with van der Waals surface area (Å²) in [5.74, 6) is 1.36. The Kier molecular flexibility index (Phi) is 7.66. The van der Waals surface area contributed by atoms with E-state index in [2.05, 4.69) is 53.8 Å². The van der Waals surface area contributed by atoms with E-state index < -0.39 is 0 Å². The first-order valence-electron chi connectivity index (χ1n) is 5.59. The average Bonchev–Trinajstić information content (AvgIpc) is 2.21. The van der Waals surface area contributed by atoms with Gasteiger partial charge >= 0.3 is 0 Å². The van der Waals surface area contributed by atoms with Crippen LogP contribution in [0, 0.1) is 0 Å². The third-order valence-corrected chi connectivity index (χ3v) is 2.66. The maximum absolute atomic E-state index is 3.52. The van der Waals surface area contributed by atoms with Gasteiger partial charge in [-0.15, -0.1) is 0 Å². The molecule has 0 atom stereocenters. The summed E-state index contributed by atoms with van der Waals surface area (Å²) in [6.45, 7) is 13.1. The maximum atomic E-state index is 3.52. The lowest BCUT2D eigenvalue weighted by Gasteiger charge is -2.33. The van der Waals surface area contributed by atoms with Crippen LogP contribution in [0.2, 0.25) is 6.04 Å². The average molecular weight is 211 g/mol. The number of hydrogen-bond donors (Lipinski definition) is 0. The Labute approximate surface area is 92.4 Å². The molecule has 0 aromatic rings. The quantitative estimate of drug-likeness (QED) is 0.595. The van der Waals surface area contributed by atoms with Crippen LogP contribution in [0.1, 0.15) is 27.7 Å². The van der Waals surface area contributed by atoms with Crippen molar-refractivity contribution in [2.75, 3.05) is 26.2 Å². The molecule has 0 rings (SSSR count). The predicted molar refractivity (Wildman–Crippen MR) is 64.5 cm³/mol. The van der Waals surface area contributed by atoms with Crippen LogP contribution in [-0.2, 0) is 0 Å². The highest BCUT2D eigenvalue weighted by atomic mass is 28.1. The zero-order valence-electron chi connectivity index (χ0n) is 10.0. The van der Waals surface area contributed by atoms with Gasteiger partial charge < -0.3 is 9.80 Å². The predicted octanol–water partition coefficient (Wildman–Crippen LogP) is 2.10. The van der Waals surface area contributed by atoms with E-state index in [1.165, 1.54) is 5.82 Å². The van der Waals surface area contributed by atoms with Crippen LogP contribution in [-0.4, -0.2) is 46.2 Å². The van der Waals surface area contributed by atoms with Crippen LogP contribution >= 0.6 is 0 Å². The van der Waals surface area contributed by atoms with Crippen molar-refractivity contribution in [1.29, 1.82) is 0 Å². The normalized spacial score (nSPS) is 9.79. The summed E-state index contributed by atoms with van der Waals surface area (Å²) in [6.07, 6.45) is 2.25. The first-order chi connectivity index (χ1) is 6.74. The fourth-order valence-electron chi connectivity index (χ4n) is 1.64. The highest BCUT2D eigenvalue weighted by Crippen LogP contribution is 2.10. The van der Waals surface area contributed by atoms with Gasteiger partial charge in [-0.2, -0.15) is 0 Å². The first-order valence-corrected chi connectivity index (χ1v) is 6.30. The van der Waals surface area contributed by atoms with E-state index in [1.807, 2.05) is 0 Å². The summed E-state index contributed by atoms with van der Waals surface area (Å²) in [4.78, 5) is 4.79. The molecule has 2 nitrogen and oxygen atoms in total. The smallest absolute Gasteiger partial charge is 0.0994 e. The number of nitrogens with zero attached hydrogens (tertiary/aromatic N) is 2. The Morgan fingerprint density at radius 3 is 1.50 bits per heavy atom. The molecule has 0 fully saturated rings. The third-order valence-electron chi connectivity index (χ3n) is 2.46. The molecule has 0 aliphatic carbocycles. The molecule has 3 heteroatoms. The Balaban J connectivity index is 4.63. The topological polar surface area (TPSA) is 6.48 Å². The molecule has 0 bridgehead atoms. The fraction of sp³-hybridized carbons (Fsp3) is 0.818. The summed E-state index contributed by atoms with van der Waals surface area (Å²) < 4.78 is 0. The minimum absolute atomic E-state index is 0.919. The first kappa shape index (κ1) is 13.6. The molecular weight excluding hydrogens is 188 g/mol. The molecule has 0 aromatic heterocycles. The van der Waals surface area contributed by atoms with Crippen LogP contribution in [0.15, 0.2) is 11.9 Å². The molecular formula is C11H23N2Si. The third kappa shape index (κ3) is 3.74. The molecule has 0 saturated heterocycles. The molecule has 81 valence electrons. The maximum Gasteiger partial charge on any atom is 0.0994 e. The zero-order valence-corrected chi connectivity index (χ0v) is 11.0. The van der Waals surface area contributed by atoms with Crippen LogP contribution in [0.3, 0.4) is 0 Å². The minimum atomic E-state index is 0.919. The van der Waals surface area contributed by atoms with Crippen LogP contribution < -0.4 is 0 Å². The van der Waals surface area contributed by atoms with Gasteiger partial charge in [0, 0.05) is 36.4 Å². The van der Waals surface area contributed by atoms with Crippen molar-refractivity contribution >= 4 is 10.2 Å². The van der Waals surface area contributed by atoms with E-state index in [0.29, 0.717) is 0 Å². The lowest BCUT2D eigenvalue weighted by atomic mass is 10.4. The minimum Gasteiger partial charge on any atom is -0.359 e. The van der Waals surface area contributed by atoms with Crippen molar-refractivity contribution < 1.29 is 0 Å². The van der Waals surface area contributed by atoms with Crippen molar-refractivity contribution in [1.82, 2.24) is 9.80 Å². The van der Waals surface area contributed by atoms with Crippen molar-refractivity contribution in [3.63, 3.8) is 0 Å². The molecule has 0 heterocycles. The Morgan fingerprint density at radius 1 is 0.929 bits per heavy atom. The molecule has 0 saturated carbocycles. The van der Waals surface area contributed by atoms with Crippen molar-refractivity contribution in [3.8, 4) is 0 Å². The van der Waals surface area contributed by atoms with E-state index in [0.717, 1.165) is 32.2 Å². The standard InChI is InChI=1S/C11H23N2Si/c1-5-12(6-2)11(9-10-14)13(7-3)8-4/h9H,5-8,10H2,1-4H3. The second kappa shape index (κ2) is 7.91. The second-order valence-corrected chi connectivity index (χ2v) is 3.52. The van der Waals surface area contributed by atoms with Gasteiger partial charge in [-0.05, 0) is 39.8 Å². The Bertz CT molecular complexity index is 147. The highest BCUT2D eigenvalue weighted by molar-refractivity contribution is 6.09. The Morgan fingerprint density at radius 2 is 1.29 bits per heavy atom. The molecule has 0 aliphatic heterocycles. The summed E-state index contributed by atoms with van der Waals surface area (Å²) in [6, 6.07) is 0.919. The highest BCUT2D eigenvalue weighted by Gasteiger charge is 2.10. The lowest BCUT2D eigenvalue weighted by Crippen LogP contribution is -2.35. The molecule has 0 amide bonds. The SMILES string of the molecule is CCN(CC)C(=CC[Si])N(CC)CC. The van der Waals surface area contributed by atoms with Crippen molar-refractivity contribution in [2.45, 2.75) is 33.7 Å². The van der Waals surface area contributed by atoms with Crippen LogP contribution in [0.4, 0.5) is 0 Å². The molecule has 3 radical (unpaired) electrons. The molecule has 0 spiro atoms. The summed E-state index contributed by atoms with van der Waals surface area (Å²) in [5.41, 5.74) is 0. The molecule has 0 unspecified atom stereocenters. The van der Waals surface area contributed by atoms with E-state index in [9.17, 15) is 0 Å². The number of hydrogen-bond acceptors (Lipinski definition) is 2. The van der Waals surface area contributed by atoms with Crippen molar-refractivity contribution in [2.24, 2.45) is 0 Å². The summed E-state index contributed by atoms with van der Waals surface area (Å²) in [7, 11) is 3.52. The fourth-order valence-corrected chi connectivity index (χ4v) is 1.83. The van der Waals surface area contributed by atoms with Crippen molar-refractivity contribution in [3.05, 3.63) is 11.9 Å². The van der Waals surface area contributed by atoms with Gasteiger partial charge in [-0.25, -0.2) is 0 Å². The van der Waals surface area contributed by atoms with Crippen LogP contribution in [0.25, 0.3) is 0 Å². The number of rotatable bonds is 7. The van der Waals surface area contributed by atoms with Crippen LogP contribution in [0.5, 0.6) is 0 Å². The summed E-state index contributed by atoms with van der Waals surface area (Å²) in [5, 5.41) is 0. The Hall–Kier alpha value is -0.443. The largest absolute Gasteiger partial charge is 0.359 e. The van der Waals surface area contributed by atoms with E-state index >= 15 is 0 Å². The van der Waals surface area contributed by atoms with Gasteiger partial charge in [0.05, 0.1) is 5.82 Å². The zero-order chi connectivity index (χ0) is 11.0. The van der Waals surface area contributed by atoms with Gasteiger partial charge in [0.15, 0.2) is 0 Å². The summed E-state index contributed by atoms with van der Waals surface area (Å²) >= 11 is 0. The van der Waals surface area contributed by atoms with Gasteiger partial charge in [0.1, 0.15) is 0 Å². The van der Waals surface area contributed by atoms with E-state index in [-0.39, 0.29) is 0 Å². The van der Waals surface area contributed by atoms with Gasteiger partial charge in [-0.1, -0.05) is 0 Å². The van der Waals surface area contributed by atoms with Gasteiger partial charge in [0.25, 0.3) is 0 Å². The van der Waals surface area contributed by atoms with E-state index in [4.69, 9.17) is 0 Å². The second-order valence-electron chi connectivity index (χ2n) is 3.11. The number of allylic oxidation sites excluding steroid dienone is 1. The molecule has 0 N–H and O–H groups in total. The monoisotopic (exact) mass is 211 g/mol. The van der Waals surface area contributed by atoms with E-state index in [1.54, 1.807) is 0 Å². The molecule has 0 aromatic carbocycles.